The summed E-state index contributed by atoms with van der Waals surface area (Å²) in [7, 11) is 4.20. The summed E-state index contributed by atoms with van der Waals surface area (Å²) in [5.74, 6) is 0.0779. The van der Waals surface area contributed by atoms with Crippen LogP contribution in [0.3, 0.4) is 0 Å². The molecule has 1 fully saturated rings. The monoisotopic (exact) mass is 331 g/mol. The van der Waals surface area contributed by atoms with Gasteiger partial charge in [-0.15, -0.1) is 0 Å². The van der Waals surface area contributed by atoms with Crippen molar-refractivity contribution in [2.75, 3.05) is 27.2 Å². The lowest BCUT2D eigenvalue weighted by Gasteiger charge is -2.35. The first-order chi connectivity index (χ1) is 11.0. The number of amides is 1. The van der Waals surface area contributed by atoms with Gasteiger partial charge in [0.05, 0.1) is 16.8 Å². The molecule has 0 radical (unpaired) electrons. The molecule has 0 N–H and O–H groups in total. The Morgan fingerprint density at radius 3 is 2.61 bits per heavy atom. The van der Waals surface area contributed by atoms with Gasteiger partial charge < -0.3 is 9.80 Å². The van der Waals surface area contributed by atoms with E-state index in [1.54, 1.807) is 0 Å². The van der Waals surface area contributed by atoms with E-state index in [4.69, 9.17) is 11.6 Å². The van der Waals surface area contributed by atoms with E-state index in [0.717, 1.165) is 42.5 Å². The van der Waals surface area contributed by atoms with E-state index in [2.05, 4.69) is 24.0 Å². The number of carbonyl (C=O) groups is 1. The molecule has 0 atom stereocenters. The fourth-order valence-corrected chi connectivity index (χ4v) is 3.40. The van der Waals surface area contributed by atoms with Gasteiger partial charge in [-0.3, -0.25) is 9.78 Å². The number of benzene rings is 1. The van der Waals surface area contributed by atoms with Crippen LogP contribution >= 0.6 is 11.6 Å². The van der Waals surface area contributed by atoms with Crippen molar-refractivity contribution in [2.24, 2.45) is 0 Å². The molecular formula is C18H22ClN3O. The van der Waals surface area contributed by atoms with Gasteiger partial charge in [-0.1, -0.05) is 11.6 Å². The van der Waals surface area contributed by atoms with Crippen LogP contribution < -0.4 is 0 Å². The third-order valence-electron chi connectivity index (χ3n) is 4.68. The van der Waals surface area contributed by atoms with Crippen LogP contribution in [0, 0.1) is 6.92 Å². The lowest BCUT2D eigenvalue weighted by molar-refractivity contribution is 0.0662. The first-order valence-electron chi connectivity index (χ1n) is 7.98. The summed E-state index contributed by atoms with van der Waals surface area (Å²) in [6.07, 6.45) is 2.04. The van der Waals surface area contributed by atoms with Crippen molar-refractivity contribution in [3.05, 3.63) is 40.5 Å². The highest BCUT2D eigenvalue weighted by molar-refractivity contribution is 6.31. The number of pyridine rings is 1. The molecule has 1 saturated heterocycles. The predicted molar refractivity (Wildman–Crippen MR) is 94.1 cm³/mol. The molecule has 0 saturated carbocycles. The molecule has 2 aromatic rings. The van der Waals surface area contributed by atoms with E-state index in [-0.39, 0.29) is 5.91 Å². The quantitative estimate of drug-likeness (QED) is 0.846. The van der Waals surface area contributed by atoms with Crippen LogP contribution in [0.25, 0.3) is 10.9 Å². The molecule has 23 heavy (non-hydrogen) atoms. The summed E-state index contributed by atoms with van der Waals surface area (Å²) < 4.78 is 0. The fraction of sp³-hybridized carbons (Fsp3) is 0.444. The van der Waals surface area contributed by atoms with Gasteiger partial charge in [0.15, 0.2) is 0 Å². The lowest BCUT2D eigenvalue weighted by Crippen LogP contribution is -2.44. The molecule has 5 heteroatoms. The molecule has 0 bridgehead atoms. The second-order valence-electron chi connectivity index (χ2n) is 6.45. The molecule has 3 rings (SSSR count). The molecule has 1 aliphatic rings. The van der Waals surface area contributed by atoms with Crippen LogP contribution in [-0.4, -0.2) is 53.9 Å². The Hall–Kier alpha value is -1.65. The second kappa shape index (κ2) is 6.46. The molecule has 1 aromatic heterocycles. The smallest absolute Gasteiger partial charge is 0.255 e. The fourth-order valence-electron chi connectivity index (χ4n) is 3.22. The topological polar surface area (TPSA) is 36.4 Å². The first-order valence-corrected chi connectivity index (χ1v) is 8.36. The van der Waals surface area contributed by atoms with Gasteiger partial charge in [-0.05, 0) is 58.1 Å². The zero-order valence-corrected chi connectivity index (χ0v) is 14.6. The summed E-state index contributed by atoms with van der Waals surface area (Å²) in [6.45, 7) is 3.50. The lowest BCUT2D eigenvalue weighted by atomic mass is 10.0. The molecule has 4 nitrogen and oxygen atoms in total. The number of halogens is 1. The number of piperidine rings is 1. The van der Waals surface area contributed by atoms with Gasteiger partial charge in [0.1, 0.15) is 0 Å². The number of hydrogen-bond donors (Lipinski definition) is 0. The van der Waals surface area contributed by atoms with Crippen molar-refractivity contribution < 1.29 is 4.79 Å². The molecule has 1 aromatic carbocycles. The van der Waals surface area contributed by atoms with Crippen LogP contribution in [0.2, 0.25) is 5.02 Å². The Labute approximate surface area is 142 Å². The van der Waals surface area contributed by atoms with E-state index in [0.29, 0.717) is 16.6 Å². The molecule has 0 unspecified atom stereocenters. The van der Waals surface area contributed by atoms with Crippen LogP contribution in [0.5, 0.6) is 0 Å². The minimum Gasteiger partial charge on any atom is -0.338 e. The van der Waals surface area contributed by atoms with Gasteiger partial charge in [0, 0.05) is 29.5 Å². The Morgan fingerprint density at radius 1 is 1.26 bits per heavy atom. The largest absolute Gasteiger partial charge is 0.338 e. The minimum absolute atomic E-state index is 0.0779. The number of rotatable bonds is 2. The summed E-state index contributed by atoms with van der Waals surface area (Å²) >= 11 is 6.06. The molecule has 0 spiro atoms. The zero-order valence-electron chi connectivity index (χ0n) is 13.8. The first kappa shape index (κ1) is 16.2. The number of carbonyl (C=O) groups excluding carboxylic acids is 1. The molecule has 1 amide bonds. The van der Waals surface area contributed by atoms with E-state index >= 15 is 0 Å². The number of fused-ring (bicyclic) bond motifs is 1. The normalized spacial score (nSPS) is 16.3. The number of aromatic nitrogens is 1. The molecule has 1 aliphatic heterocycles. The van der Waals surface area contributed by atoms with Crippen molar-refractivity contribution in [1.82, 2.24) is 14.8 Å². The maximum Gasteiger partial charge on any atom is 0.255 e. The molecular weight excluding hydrogens is 310 g/mol. The Bertz CT molecular complexity index is 736. The van der Waals surface area contributed by atoms with Crippen LogP contribution in [-0.2, 0) is 0 Å². The van der Waals surface area contributed by atoms with E-state index in [1.807, 2.05) is 36.1 Å². The summed E-state index contributed by atoms with van der Waals surface area (Å²) in [5, 5.41) is 1.57. The highest BCUT2D eigenvalue weighted by Crippen LogP contribution is 2.23. The molecule has 0 aliphatic carbocycles. The van der Waals surface area contributed by atoms with Gasteiger partial charge in [0.25, 0.3) is 5.91 Å². The SMILES string of the molecule is Cc1nc2ccc(Cl)cc2cc1C(=O)N1CCC(N(C)C)CC1. The number of nitrogens with zero attached hydrogens (tertiary/aromatic N) is 3. The third kappa shape index (κ3) is 3.33. The Kier molecular flexibility index (Phi) is 4.55. The number of hydrogen-bond acceptors (Lipinski definition) is 3. The standard InChI is InChI=1S/C18H22ClN3O/c1-12-16(11-13-10-14(19)4-5-17(13)20-12)18(23)22-8-6-15(7-9-22)21(2)3/h4-5,10-11,15H,6-9H2,1-3H3. The molecule has 122 valence electrons. The average molecular weight is 332 g/mol. The average Bonchev–Trinajstić information content (AvgIpc) is 2.54. The van der Waals surface area contributed by atoms with Crippen molar-refractivity contribution in [3.8, 4) is 0 Å². The van der Waals surface area contributed by atoms with Crippen molar-refractivity contribution in [1.29, 1.82) is 0 Å². The number of likely N-dealkylation sites (tertiary alicyclic amines) is 1. The van der Waals surface area contributed by atoms with Crippen molar-refractivity contribution in [2.45, 2.75) is 25.8 Å². The summed E-state index contributed by atoms with van der Waals surface area (Å²) in [4.78, 5) is 21.6. The van der Waals surface area contributed by atoms with Crippen LogP contribution in [0.15, 0.2) is 24.3 Å². The van der Waals surface area contributed by atoms with Gasteiger partial charge in [-0.25, -0.2) is 0 Å². The van der Waals surface area contributed by atoms with Crippen molar-refractivity contribution in [3.63, 3.8) is 0 Å². The highest BCUT2D eigenvalue weighted by Gasteiger charge is 2.25. The highest BCUT2D eigenvalue weighted by atomic mass is 35.5. The Morgan fingerprint density at radius 2 is 1.96 bits per heavy atom. The third-order valence-corrected chi connectivity index (χ3v) is 4.91. The van der Waals surface area contributed by atoms with Gasteiger partial charge in [0.2, 0.25) is 0 Å². The van der Waals surface area contributed by atoms with Crippen LogP contribution in [0.4, 0.5) is 0 Å². The number of aryl methyl sites for hydroxylation is 1. The van der Waals surface area contributed by atoms with E-state index in [9.17, 15) is 4.79 Å². The predicted octanol–water partition coefficient (Wildman–Crippen LogP) is 3.36. The summed E-state index contributed by atoms with van der Waals surface area (Å²) in [5.41, 5.74) is 2.33. The van der Waals surface area contributed by atoms with Gasteiger partial charge >= 0.3 is 0 Å². The Balaban J connectivity index is 1.85. The van der Waals surface area contributed by atoms with E-state index in [1.165, 1.54) is 0 Å². The van der Waals surface area contributed by atoms with E-state index < -0.39 is 0 Å². The summed E-state index contributed by atoms with van der Waals surface area (Å²) in [6, 6.07) is 8.06. The van der Waals surface area contributed by atoms with Crippen LogP contribution in [0.1, 0.15) is 28.9 Å². The maximum absolute atomic E-state index is 12.9. The van der Waals surface area contributed by atoms with Gasteiger partial charge in [-0.2, -0.15) is 0 Å². The molecule has 2 heterocycles. The van der Waals surface area contributed by atoms with Crippen molar-refractivity contribution >= 4 is 28.4 Å². The maximum atomic E-state index is 12.9. The minimum atomic E-state index is 0.0779. The zero-order chi connectivity index (χ0) is 16.6. The second-order valence-corrected chi connectivity index (χ2v) is 6.88.